The van der Waals surface area contributed by atoms with Crippen molar-refractivity contribution in [3.63, 3.8) is 0 Å². The zero-order valence-electron chi connectivity index (χ0n) is 14.8. The lowest BCUT2D eigenvalue weighted by molar-refractivity contribution is 0.0928. The number of amides is 1. The number of methoxy groups -OCH3 is 1. The minimum absolute atomic E-state index is 0.0645. The molecule has 0 aliphatic carbocycles. The Bertz CT molecular complexity index is 884. The number of para-hydroxylation sites is 1. The lowest BCUT2D eigenvalue weighted by atomic mass is 10.1. The van der Waals surface area contributed by atoms with E-state index in [0.29, 0.717) is 5.69 Å². The fourth-order valence-corrected chi connectivity index (χ4v) is 3.68. The van der Waals surface area contributed by atoms with E-state index in [1.807, 2.05) is 66.2 Å². The van der Waals surface area contributed by atoms with E-state index in [1.54, 1.807) is 7.11 Å². The van der Waals surface area contributed by atoms with Crippen LogP contribution in [0, 0.1) is 0 Å². The molecule has 2 aromatic heterocycles. The van der Waals surface area contributed by atoms with Crippen LogP contribution in [-0.4, -0.2) is 54.0 Å². The van der Waals surface area contributed by atoms with Gasteiger partial charge in [-0.1, -0.05) is 12.1 Å². The first-order chi connectivity index (χ1) is 12.0. The number of nitrogens with one attached hydrogen (secondary N) is 1. The third-order valence-corrected chi connectivity index (χ3v) is 4.68. The normalized spacial score (nSPS) is 12.5. The van der Waals surface area contributed by atoms with Gasteiger partial charge in [-0.05, 0) is 33.2 Å². The van der Waals surface area contributed by atoms with Crippen LogP contribution in [0.25, 0.3) is 16.2 Å². The molecular weight excluding hydrogens is 336 g/mol. The molecule has 0 fully saturated rings. The Labute approximate surface area is 151 Å². The Hall–Kier alpha value is -2.38. The fraction of sp³-hybridized carbons (Fsp3) is 0.333. The summed E-state index contributed by atoms with van der Waals surface area (Å²) in [5, 5.41) is 4.87. The Morgan fingerprint density at radius 3 is 2.88 bits per heavy atom. The first-order valence-corrected chi connectivity index (χ1v) is 8.93. The maximum Gasteiger partial charge on any atom is 0.269 e. The number of hydrogen-bond acceptors (Lipinski definition) is 5. The first-order valence-electron chi connectivity index (χ1n) is 8.05. The molecule has 3 rings (SSSR count). The number of fused-ring (bicyclic) bond motifs is 1. The molecule has 132 valence electrons. The predicted octanol–water partition coefficient (Wildman–Crippen LogP) is 2.75. The largest absolute Gasteiger partial charge is 0.496 e. The highest BCUT2D eigenvalue weighted by Gasteiger charge is 2.18. The SMILES string of the molecule is COc1ccccc1-c1cn2c(C(=O)N[C@H](C)CN(C)C)csc2n1. The number of ether oxygens (including phenoxy) is 1. The van der Waals surface area contributed by atoms with Crippen LogP contribution in [0.1, 0.15) is 17.4 Å². The summed E-state index contributed by atoms with van der Waals surface area (Å²) in [6.45, 7) is 2.78. The number of hydrogen-bond donors (Lipinski definition) is 1. The molecule has 2 heterocycles. The summed E-state index contributed by atoms with van der Waals surface area (Å²) in [7, 11) is 5.62. The van der Waals surface area contributed by atoms with Gasteiger partial charge in [0.2, 0.25) is 0 Å². The van der Waals surface area contributed by atoms with Gasteiger partial charge in [-0.2, -0.15) is 0 Å². The number of rotatable bonds is 6. The Morgan fingerprint density at radius 2 is 2.16 bits per heavy atom. The first kappa shape index (κ1) is 17.4. The van der Waals surface area contributed by atoms with E-state index in [9.17, 15) is 4.79 Å². The van der Waals surface area contributed by atoms with Crippen LogP contribution in [0.5, 0.6) is 5.75 Å². The van der Waals surface area contributed by atoms with Crippen molar-refractivity contribution in [2.24, 2.45) is 0 Å². The molecule has 7 heteroatoms. The van der Waals surface area contributed by atoms with Gasteiger partial charge in [-0.3, -0.25) is 9.20 Å². The highest BCUT2D eigenvalue weighted by molar-refractivity contribution is 7.15. The Balaban J connectivity index is 1.89. The molecule has 0 radical (unpaired) electrons. The summed E-state index contributed by atoms with van der Waals surface area (Å²) in [5.41, 5.74) is 2.30. The second kappa shape index (κ2) is 7.25. The van der Waals surface area contributed by atoms with Crippen molar-refractivity contribution in [3.05, 3.63) is 41.5 Å². The molecule has 0 aliphatic heterocycles. The molecule has 25 heavy (non-hydrogen) atoms. The summed E-state index contributed by atoms with van der Waals surface area (Å²) in [5.74, 6) is 0.670. The average molecular weight is 358 g/mol. The van der Waals surface area contributed by atoms with Gasteiger partial charge in [-0.25, -0.2) is 4.98 Å². The predicted molar refractivity (Wildman–Crippen MR) is 101 cm³/mol. The zero-order chi connectivity index (χ0) is 18.0. The van der Waals surface area contributed by atoms with E-state index < -0.39 is 0 Å². The number of aromatic nitrogens is 2. The van der Waals surface area contributed by atoms with E-state index in [-0.39, 0.29) is 11.9 Å². The smallest absolute Gasteiger partial charge is 0.269 e. The molecule has 6 nitrogen and oxygen atoms in total. The molecule has 0 saturated heterocycles. The third-order valence-electron chi connectivity index (χ3n) is 3.84. The average Bonchev–Trinajstić information content (AvgIpc) is 3.13. The summed E-state index contributed by atoms with van der Waals surface area (Å²) in [4.78, 5) is 20.1. The summed E-state index contributed by atoms with van der Waals surface area (Å²) >= 11 is 1.45. The Kier molecular flexibility index (Phi) is 5.06. The molecule has 0 unspecified atom stereocenters. The van der Waals surface area contributed by atoms with E-state index in [0.717, 1.165) is 28.5 Å². The molecule has 1 atom stereocenters. The second-order valence-electron chi connectivity index (χ2n) is 6.24. The standard InChI is InChI=1S/C18H22N4O2S/c1-12(9-21(2)3)19-17(23)15-11-25-18-20-14(10-22(15)18)13-7-5-6-8-16(13)24-4/h5-8,10-12H,9H2,1-4H3,(H,19,23)/t12-/m1/s1. The van der Waals surface area contributed by atoms with Crippen molar-refractivity contribution >= 4 is 22.2 Å². The summed E-state index contributed by atoms with van der Waals surface area (Å²) in [6.07, 6.45) is 1.88. The van der Waals surface area contributed by atoms with Crippen LogP contribution >= 0.6 is 11.3 Å². The quantitative estimate of drug-likeness (QED) is 0.736. The van der Waals surface area contributed by atoms with E-state index in [1.165, 1.54) is 11.3 Å². The van der Waals surface area contributed by atoms with E-state index >= 15 is 0 Å². The van der Waals surface area contributed by atoms with Crippen molar-refractivity contribution in [2.75, 3.05) is 27.7 Å². The van der Waals surface area contributed by atoms with Gasteiger partial charge < -0.3 is 15.0 Å². The van der Waals surface area contributed by atoms with Gasteiger partial charge in [0.25, 0.3) is 5.91 Å². The fourth-order valence-electron chi connectivity index (χ4n) is 2.82. The molecule has 0 bridgehead atoms. The van der Waals surface area contributed by atoms with Crippen molar-refractivity contribution in [2.45, 2.75) is 13.0 Å². The van der Waals surface area contributed by atoms with E-state index in [2.05, 4.69) is 10.3 Å². The Morgan fingerprint density at radius 1 is 1.40 bits per heavy atom. The molecule has 1 amide bonds. The van der Waals surface area contributed by atoms with Crippen LogP contribution in [-0.2, 0) is 0 Å². The lowest BCUT2D eigenvalue weighted by Crippen LogP contribution is -2.39. The number of benzene rings is 1. The molecule has 0 aliphatic rings. The molecule has 3 aromatic rings. The molecule has 0 spiro atoms. The van der Waals surface area contributed by atoms with Gasteiger partial charge in [0.1, 0.15) is 11.4 Å². The van der Waals surface area contributed by atoms with Crippen molar-refractivity contribution in [1.82, 2.24) is 19.6 Å². The highest BCUT2D eigenvalue weighted by Crippen LogP contribution is 2.30. The van der Waals surface area contributed by atoms with Crippen LogP contribution < -0.4 is 10.1 Å². The minimum Gasteiger partial charge on any atom is -0.496 e. The number of imidazole rings is 1. The number of thiazole rings is 1. The van der Waals surface area contributed by atoms with Crippen molar-refractivity contribution < 1.29 is 9.53 Å². The molecule has 1 aromatic carbocycles. The molecule has 0 saturated carbocycles. The maximum atomic E-state index is 12.6. The molecular formula is C18H22N4O2S. The minimum atomic E-state index is -0.0930. The van der Waals surface area contributed by atoms with Gasteiger partial charge >= 0.3 is 0 Å². The number of likely N-dealkylation sites (N-methyl/N-ethyl adjacent to an activating group) is 1. The van der Waals surface area contributed by atoms with Crippen LogP contribution in [0.15, 0.2) is 35.8 Å². The van der Waals surface area contributed by atoms with Gasteiger partial charge in [0.05, 0.1) is 12.8 Å². The number of carbonyl (C=O) groups excluding carboxylic acids is 1. The van der Waals surface area contributed by atoms with Gasteiger partial charge in [0.15, 0.2) is 4.96 Å². The highest BCUT2D eigenvalue weighted by atomic mass is 32.1. The number of carbonyl (C=O) groups is 1. The third kappa shape index (κ3) is 3.67. The lowest BCUT2D eigenvalue weighted by Gasteiger charge is -2.17. The van der Waals surface area contributed by atoms with Gasteiger partial charge in [0, 0.05) is 29.7 Å². The zero-order valence-corrected chi connectivity index (χ0v) is 15.6. The molecule has 1 N–H and O–H groups in total. The van der Waals surface area contributed by atoms with E-state index in [4.69, 9.17) is 4.74 Å². The van der Waals surface area contributed by atoms with Crippen LogP contribution in [0.2, 0.25) is 0 Å². The second-order valence-corrected chi connectivity index (χ2v) is 7.07. The number of nitrogens with zero attached hydrogens (tertiary/aromatic N) is 3. The van der Waals surface area contributed by atoms with Gasteiger partial charge in [-0.15, -0.1) is 11.3 Å². The summed E-state index contributed by atoms with van der Waals surface area (Å²) < 4.78 is 7.25. The van der Waals surface area contributed by atoms with Crippen LogP contribution in [0.3, 0.4) is 0 Å². The summed E-state index contributed by atoms with van der Waals surface area (Å²) in [6, 6.07) is 7.80. The van der Waals surface area contributed by atoms with Crippen molar-refractivity contribution in [3.8, 4) is 17.0 Å². The monoisotopic (exact) mass is 358 g/mol. The van der Waals surface area contributed by atoms with Crippen molar-refractivity contribution in [1.29, 1.82) is 0 Å². The maximum absolute atomic E-state index is 12.6. The topological polar surface area (TPSA) is 58.9 Å². The van der Waals surface area contributed by atoms with Crippen LogP contribution in [0.4, 0.5) is 0 Å².